The Labute approximate surface area is 101 Å². The highest BCUT2D eigenvalue weighted by Crippen LogP contribution is 2.33. The number of hydrogen-bond donors (Lipinski definition) is 2. The summed E-state index contributed by atoms with van der Waals surface area (Å²) < 4.78 is 5.65. The fourth-order valence-corrected chi connectivity index (χ4v) is 2.32. The summed E-state index contributed by atoms with van der Waals surface area (Å²) in [6.07, 6.45) is -0.550. The molecule has 2 N–H and O–H groups in total. The van der Waals surface area contributed by atoms with Crippen molar-refractivity contribution in [3.63, 3.8) is 0 Å². The van der Waals surface area contributed by atoms with Gasteiger partial charge in [0.1, 0.15) is 18.5 Å². The molecule has 2 atom stereocenters. The molecule has 2 unspecified atom stereocenters. The van der Waals surface area contributed by atoms with E-state index in [9.17, 15) is 5.11 Å². The quantitative estimate of drug-likeness (QED) is 0.813. The van der Waals surface area contributed by atoms with Gasteiger partial charge in [-0.1, -0.05) is 25.1 Å². The molecule has 0 radical (unpaired) electrons. The Morgan fingerprint density at radius 3 is 2.88 bits per heavy atom. The number of aliphatic hydroxyl groups is 2. The molecule has 0 amide bonds. The molecule has 0 saturated heterocycles. The van der Waals surface area contributed by atoms with Crippen molar-refractivity contribution in [2.24, 2.45) is 0 Å². The van der Waals surface area contributed by atoms with Crippen LogP contribution in [0.15, 0.2) is 24.3 Å². The topological polar surface area (TPSA) is 52.9 Å². The smallest absolute Gasteiger partial charge is 0.125 e. The van der Waals surface area contributed by atoms with Crippen molar-refractivity contribution in [1.29, 1.82) is 0 Å². The predicted molar refractivity (Wildman–Crippen MR) is 65.0 cm³/mol. The molecule has 0 aliphatic carbocycles. The van der Waals surface area contributed by atoms with Crippen LogP contribution >= 0.6 is 0 Å². The van der Waals surface area contributed by atoms with Crippen LogP contribution < -0.4 is 4.74 Å². The second kappa shape index (κ2) is 5.49. The SMILES string of the molecule is CCN(CCO)C1COc2ccccc2C1O. The number of para-hydroxylation sites is 1. The Balaban J connectivity index is 2.18. The van der Waals surface area contributed by atoms with E-state index < -0.39 is 6.10 Å². The molecule has 1 heterocycles. The highest BCUT2D eigenvalue weighted by Gasteiger charge is 2.32. The van der Waals surface area contributed by atoms with E-state index >= 15 is 0 Å². The zero-order chi connectivity index (χ0) is 12.3. The summed E-state index contributed by atoms with van der Waals surface area (Å²) in [6, 6.07) is 7.48. The molecule has 4 nitrogen and oxygen atoms in total. The van der Waals surface area contributed by atoms with Gasteiger partial charge in [0.15, 0.2) is 0 Å². The molecule has 0 saturated carbocycles. The molecule has 1 aliphatic heterocycles. The molecule has 4 heteroatoms. The minimum Gasteiger partial charge on any atom is -0.491 e. The number of nitrogens with zero attached hydrogens (tertiary/aromatic N) is 1. The molecule has 0 spiro atoms. The molecule has 94 valence electrons. The van der Waals surface area contributed by atoms with E-state index in [1.807, 2.05) is 36.1 Å². The molecule has 1 aromatic carbocycles. The summed E-state index contributed by atoms with van der Waals surface area (Å²) in [6.45, 7) is 3.92. The van der Waals surface area contributed by atoms with E-state index in [1.165, 1.54) is 0 Å². The van der Waals surface area contributed by atoms with Crippen molar-refractivity contribution in [2.45, 2.75) is 19.1 Å². The molecular weight excluding hydrogens is 218 g/mol. The van der Waals surface area contributed by atoms with Gasteiger partial charge < -0.3 is 14.9 Å². The van der Waals surface area contributed by atoms with Crippen LogP contribution in [0.1, 0.15) is 18.6 Å². The molecule has 17 heavy (non-hydrogen) atoms. The molecule has 0 aromatic heterocycles. The number of fused-ring (bicyclic) bond motifs is 1. The number of aliphatic hydroxyl groups excluding tert-OH is 2. The Hall–Kier alpha value is -1.10. The van der Waals surface area contributed by atoms with Gasteiger partial charge in [0.25, 0.3) is 0 Å². The van der Waals surface area contributed by atoms with E-state index in [0.717, 1.165) is 17.9 Å². The van der Waals surface area contributed by atoms with Gasteiger partial charge in [0, 0.05) is 12.1 Å². The fourth-order valence-electron chi connectivity index (χ4n) is 2.32. The van der Waals surface area contributed by atoms with Gasteiger partial charge in [-0.05, 0) is 12.6 Å². The van der Waals surface area contributed by atoms with Gasteiger partial charge in [-0.2, -0.15) is 0 Å². The third-order valence-electron chi connectivity index (χ3n) is 3.27. The van der Waals surface area contributed by atoms with Gasteiger partial charge in [0.2, 0.25) is 0 Å². The highest BCUT2D eigenvalue weighted by molar-refractivity contribution is 5.37. The van der Waals surface area contributed by atoms with Crippen molar-refractivity contribution >= 4 is 0 Å². The van der Waals surface area contributed by atoms with Crippen LogP contribution in [0, 0.1) is 0 Å². The van der Waals surface area contributed by atoms with Crippen LogP contribution in [0.3, 0.4) is 0 Å². The van der Waals surface area contributed by atoms with Crippen molar-refractivity contribution in [3.8, 4) is 5.75 Å². The van der Waals surface area contributed by atoms with Gasteiger partial charge in [-0.3, -0.25) is 4.90 Å². The number of benzene rings is 1. The lowest BCUT2D eigenvalue weighted by Gasteiger charge is -2.37. The minimum absolute atomic E-state index is 0.0814. The van der Waals surface area contributed by atoms with E-state index in [1.54, 1.807) is 0 Å². The number of hydrogen-bond acceptors (Lipinski definition) is 4. The van der Waals surface area contributed by atoms with Crippen LogP contribution in [0.25, 0.3) is 0 Å². The van der Waals surface area contributed by atoms with Gasteiger partial charge >= 0.3 is 0 Å². The van der Waals surface area contributed by atoms with Crippen LogP contribution in [-0.4, -0.2) is 47.5 Å². The first-order valence-corrected chi connectivity index (χ1v) is 6.02. The maximum Gasteiger partial charge on any atom is 0.125 e. The summed E-state index contributed by atoms with van der Waals surface area (Å²) in [5.74, 6) is 0.760. The highest BCUT2D eigenvalue weighted by atomic mass is 16.5. The Bertz CT molecular complexity index is 369. The Morgan fingerprint density at radius 1 is 1.41 bits per heavy atom. The van der Waals surface area contributed by atoms with E-state index in [0.29, 0.717) is 13.2 Å². The Kier molecular flexibility index (Phi) is 3.99. The Morgan fingerprint density at radius 2 is 2.18 bits per heavy atom. The third kappa shape index (κ3) is 2.44. The average Bonchev–Trinajstić information content (AvgIpc) is 2.37. The molecule has 1 aliphatic rings. The summed E-state index contributed by atoms with van der Waals surface area (Å²) >= 11 is 0. The summed E-state index contributed by atoms with van der Waals surface area (Å²) in [4.78, 5) is 2.04. The normalized spacial score (nSPS) is 23.3. The lowest BCUT2D eigenvalue weighted by Crippen LogP contribution is -2.46. The van der Waals surface area contributed by atoms with Crippen molar-refractivity contribution in [2.75, 3.05) is 26.3 Å². The van der Waals surface area contributed by atoms with E-state index in [4.69, 9.17) is 9.84 Å². The van der Waals surface area contributed by atoms with Crippen LogP contribution in [0.4, 0.5) is 0 Å². The number of likely N-dealkylation sites (N-methyl/N-ethyl adjacent to an activating group) is 1. The number of ether oxygens (including phenoxy) is 1. The van der Waals surface area contributed by atoms with E-state index in [-0.39, 0.29) is 12.6 Å². The molecule has 1 aromatic rings. The van der Waals surface area contributed by atoms with Gasteiger partial charge in [-0.25, -0.2) is 0 Å². The van der Waals surface area contributed by atoms with Gasteiger partial charge in [0.05, 0.1) is 12.6 Å². The molecule has 0 bridgehead atoms. The standard InChI is InChI=1S/C13H19NO3/c1-2-14(7-8-15)11-9-17-12-6-4-3-5-10(12)13(11)16/h3-6,11,13,15-16H,2,7-9H2,1H3. The van der Waals surface area contributed by atoms with Crippen LogP contribution in [0.2, 0.25) is 0 Å². The second-order valence-corrected chi connectivity index (χ2v) is 4.21. The lowest BCUT2D eigenvalue weighted by atomic mass is 9.98. The second-order valence-electron chi connectivity index (χ2n) is 4.21. The zero-order valence-electron chi connectivity index (χ0n) is 10.0. The van der Waals surface area contributed by atoms with E-state index in [2.05, 4.69) is 0 Å². The maximum atomic E-state index is 10.3. The number of rotatable bonds is 4. The van der Waals surface area contributed by atoms with Crippen LogP contribution in [0.5, 0.6) is 5.75 Å². The predicted octanol–water partition coefficient (Wildman–Crippen LogP) is 0.795. The van der Waals surface area contributed by atoms with Crippen molar-refractivity contribution < 1.29 is 14.9 Å². The summed E-state index contributed by atoms with van der Waals surface area (Å²) in [5, 5.41) is 19.4. The first-order chi connectivity index (χ1) is 8.27. The first kappa shape index (κ1) is 12.4. The monoisotopic (exact) mass is 237 g/mol. The van der Waals surface area contributed by atoms with Crippen molar-refractivity contribution in [1.82, 2.24) is 4.90 Å². The fraction of sp³-hybridized carbons (Fsp3) is 0.538. The van der Waals surface area contributed by atoms with Gasteiger partial charge in [-0.15, -0.1) is 0 Å². The molecular formula is C13H19NO3. The maximum absolute atomic E-state index is 10.3. The van der Waals surface area contributed by atoms with Crippen LogP contribution in [-0.2, 0) is 0 Å². The summed E-state index contributed by atoms with van der Waals surface area (Å²) in [5.41, 5.74) is 0.833. The zero-order valence-corrected chi connectivity index (χ0v) is 10.0. The lowest BCUT2D eigenvalue weighted by molar-refractivity contribution is -0.000349. The minimum atomic E-state index is -0.550. The first-order valence-electron chi connectivity index (χ1n) is 6.02. The largest absolute Gasteiger partial charge is 0.491 e. The average molecular weight is 237 g/mol. The summed E-state index contributed by atoms with van der Waals surface area (Å²) in [7, 11) is 0. The molecule has 0 fully saturated rings. The molecule has 2 rings (SSSR count). The third-order valence-corrected chi connectivity index (χ3v) is 3.27. The van der Waals surface area contributed by atoms with Crippen molar-refractivity contribution in [3.05, 3.63) is 29.8 Å².